The standard InChI is InChI=1S/C13H14ClN3O/c14-12-10-5-1-2-6-11(10)13(17-16-12)15-9-4-3-7-18-8-9/h1-2,5-6,9H,3-4,7-8H2,(H,15,17). The average Bonchev–Trinajstić information content (AvgIpc) is 2.44. The van der Waals surface area contributed by atoms with Gasteiger partial charge in [0.25, 0.3) is 0 Å². The van der Waals surface area contributed by atoms with Gasteiger partial charge in [-0.15, -0.1) is 10.2 Å². The monoisotopic (exact) mass is 263 g/mol. The molecule has 1 aliphatic rings. The molecule has 4 nitrogen and oxygen atoms in total. The molecule has 0 bridgehead atoms. The summed E-state index contributed by atoms with van der Waals surface area (Å²) < 4.78 is 5.45. The van der Waals surface area contributed by atoms with Crippen LogP contribution in [0, 0.1) is 0 Å². The lowest BCUT2D eigenvalue weighted by Crippen LogP contribution is -2.30. The number of halogens is 1. The summed E-state index contributed by atoms with van der Waals surface area (Å²) >= 11 is 6.05. The number of hydrogen-bond acceptors (Lipinski definition) is 4. The summed E-state index contributed by atoms with van der Waals surface area (Å²) in [6.07, 6.45) is 2.18. The van der Waals surface area contributed by atoms with Crippen molar-refractivity contribution in [3.63, 3.8) is 0 Å². The van der Waals surface area contributed by atoms with Gasteiger partial charge in [0.05, 0.1) is 12.6 Å². The van der Waals surface area contributed by atoms with Crippen molar-refractivity contribution in [2.45, 2.75) is 18.9 Å². The van der Waals surface area contributed by atoms with E-state index in [4.69, 9.17) is 16.3 Å². The summed E-state index contributed by atoms with van der Waals surface area (Å²) in [5, 5.41) is 13.9. The molecular formula is C13H14ClN3O. The Morgan fingerprint density at radius 2 is 2.06 bits per heavy atom. The molecular weight excluding hydrogens is 250 g/mol. The second-order valence-electron chi connectivity index (χ2n) is 4.44. The highest BCUT2D eigenvalue weighted by Crippen LogP contribution is 2.26. The first-order valence-corrected chi connectivity index (χ1v) is 6.47. The molecule has 0 amide bonds. The zero-order chi connectivity index (χ0) is 12.4. The van der Waals surface area contributed by atoms with E-state index >= 15 is 0 Å². The summed E-state index contributed by atoms with van der Waals surface area (Å²) in [4.78, 5) is 0. The summed E-state index contributed by atoms with van der Waals surface area (Å²) in [6.45, 7) is 1.57. The van der Waals surface area contributed by atoms with Crippen LogP contribution in [0.5, 0.6) is 0 Å². The van der Waals surface area contributed by atoms with Gasteiger partial charge in [-0.2, -0.15) is 0 Å². The first-order chi connectivity index (χ1) is 8.84. The fourth-order valence-corrected chi connectivity index (χ4v) is 2.43. The fraction of sp³-hybridized carbons (Fsp3) is 0.385. The van der Waals surface area contributed by atoms with Crippen molar-refractivity contribution in [3.05, 3.63) is 29.4 Å². The number of fused-ring (bicyclic) bond motifs is 1. The molecule has 1 atom stereocenters. The zero-order valence-electron chi connectivity index (χ0n) is 9.90. The minimum absolute atomic E-state index is 0.303. The third-order valence-corrected chi connectivity index (χ3v) is 3.42. The van der Waals surface area contributed by atoms with Crippen molar-refractivity contribution < 1.29 is 4.74 Å². The Labute approximate surface area is 110 Å². The summed E-state index contributed by atoms with van der Waals surface area (Å²) in [5.41, 5.74) is 0. The van der Waals surface area contributed by atoms with Crippen LogP contribution in [-0.2, 0) is 4.74 Å². The number of rotatable bonds is 2. The molecule has 1 saturated heterocycles. The third kappa shape index (κ3) is 2.26. The normalized spacial score (nSPS) is 19.9. The smallest absolute Gasteiger partial charge is 0.159 e. The zero-order valence-corrected chi connectivity index (χ0v) is 10.7. The molecule has 94 valence electrons. The minimum Gasteiger partial charge on any atom is -0.379 e. The SMILES string of the molecule is Clc1nnc(NC2CCCOC2)c2ccccc12. The second kappa shape index (κ2) is 5.08. The summed E-state index contributed by atoms with van der Waals surface area (Å²) in [7, 11) is 0. The van der Waals surface area contributed by atoms with Crippen molar-refractivity contribution in [2.75, 3.05) is 18.5 Å². The Morgan fingerprint density at radius 3 is 2.83 bits per heavy atom. The molecule has 2 aromatic rings. The van der Waals surface area contributed by atoms with Crippen molar-refractivity contribution in [1.29, 1.82) is 0 Å². The Kier molecular flexibility index (Phi) is 3.30. The highest BCUT2D eigenvalue weighted by molar-refractivity contribution is 6.34. The second-order valence-corrected chi connectivity index (χ2v) is 4.80. The van der Waals surface area contributed by atoms with Gasteiger partial charge >= 0.3 is 0 Å². The Morgan fingerprint density at radius 1 is 1.22 bits per heavy atom. The summed E-state index contributed by atoms with van der Waals surface area (Å²) in [5.74, 6) is 0.783. The van der Waals surface area contributed by atoms with Crippen LogP contribution in [0.4, 0.5) is 5.82 Å². The molecule has 3 rings (SSSR count). The van der Waals surface area contributed by atoms with Gasteiger partial charge in [0.15, 0.2) is 11.0 Å². The van der Waals surface area contributed by atoms with Crippen LogP contribution in [0.15, 0.2) is 24.3 Å². The van der Waals surface area contributed by atoms with Crippen molar-refractivity contribution in [3.8, 4) is 0 Å². The Hall–Kier alpha value is -1.39. The van der Waals surface area contributed by atoms with E-state index < -0.39 is 0 Å². The van der Waals surface area contributed by atoms with E-state index in [1.807, 2.05) is 24.3 Å². The lowest BCUT2D eigenvalue weighted by Gasteiger charge is -2.23. The van der Waals surface area contributed by atoms with Crippen LogP contribution in [0.3, 0.4) is 0 Å². The largest absolute Gasteiger partial charge is 0.379 e. The third-order valence-electron chi connectivity index (χ3n) is 3.14. The predicted octanol–water partition coefficient (Wildman–Crippen LogP) is 2.87. The molecule has 1 aliphatic heterocycles. The molecule has 1 aromatic heterocycles. The number of ether oxygens (including phenoxy) is 1. The van der Waals surface area contributed by atoms with Crippen LogP contribution < -0.4 is 5.32 Å². The minimum atomic E-state index is 0.303. The molecule has 18 heavy (non-hydrogen) atoms. The molecule has 2 heterocycles. The van der Waals surface area contributed by atoms with Gasteiger partial charge in [-0.25, -0.2) is 0 Å². The molecule has 0 radical (unpaired) electrons. The van der Waals surface area contributed by atoms with Crippen LogP contribution in [0.2, 0.25) is 5.15 Å². The molecule has 1 unspecified atom stereocenters. The number of nitrogens with zero attached hydrogens (tertiary/aromatic N) is 2. The average molecular weight is 264 g/mol. The Bertz CT molecular complexity index is 555. The fourth-order valence-electron chi connectivity index (χ4n) is 2.23. The van der Waals surface area contributed by atoms with Crippen molar-refractivity contribution in [2.24, 2.45) is 0 Å². The molecule has 0 aliphatic carbocycles. The van der Waals surface area contributed by atoms with E-state index in [1.165, 1.54) is 0 Å². The van der Waals surface area contributed by atoms with Gasteiger partial charge in [-0.1, -0.05) is 35.9 Å². The van der Waals surface area contributed by atoms with Gasteiger partial charge in [0, 0.05) is 17.4 Å². The van der Waals surface area contributed by atoms with Gasteiger partial charge < -0.3 is 10.1 Å². The van der Waals surface area contributed by atoms with E-state index in [0.717, 1.165) is 42.6 Å². The quantitative estimate of drug-likeness (QED) is 0.905. The lowest BCUT2D eigenvalue weighted by molar-refractivity contribution is 0.0875. The molecule has 0 saturated carbocycles. The molecule has 1 N–H and O–H groups in total. The van der Waals surface area contributed by atoms with Crippen molar-refractivity contribution >= 4 is 28.2 Å². The molecule has 1 fully saturated rings. The van der Waals surface area contributed by atoms with Gasteiger partial charge in [-0.3, -0.25) is 0 Å². The topological polar surface area (TPSA) is 47.0 Å². The number of nitrogens with one attached hydrogen (secondary N) is 1. The molecule has 5 heteroatoms. The maximum Gasteiger partial charge on any atom is 0.159 e. The first-order valence-electron chi connectivity index (χ1n) is 6.10. The number of hydrogen-bond donors (Lipinski definition) is 1. The van der Waals surface area contributed by atoms with E-state index in [-0.39, 0.29) is 0 Å². The highest BCUT2D eigenvalue weighted by Gasteiger charge is 2.16. The summed E-state index contributed by atoms with van der Waals surface area (Å²) in [6, 6.07) is 8.18. The Balaban J connectivity index is 1.94. The predicted molar refractivity (Wildman–Crippen MR) is 72.0 cm³/mol. The van der Waals surface area contributed by atoms with E-state index in [2.05, 4.69) is 15.5 Å². The van der Waals surface area contributed by atoms with E-state index in [1.54, 1.807) is 0 Å². The number of aromatic nitrogens is 2. The van der Waals surface area contributed by atoms with Gasteiger partial charge in [-0.05, 0) is 12.8 Å². The van der Waals surface area contributed by atoms with Crippen molar-refractivity contribution in [1.82, 2.24) is 10.2 Å². The number of anilines is 1. The van der Waals surface area contributed by atoms with Crippen LogP contribution in [-0.4, -0.2) is 29.5 Å². The molecule has 1 aromatic carbocycles. The van der Waals surface area contributed by atoms with Crippen LogP contribution >= 0.6 is 11.6 Å². The maximum atomic E-state index is 6.05. The first kappa shape index (κ1) is 11.7. The highest BCUT2D eigenvalue weighted by atomic mass is 35.5. The number of benzene rings is 1. The van der Waals surface area contributed by atoms with E-state index in [0.29, 0.717) is 11.2 Å². The van der Waals surface area contributed by atoms with Crippen LogP contribution in [0.25, 0.3) is 10.8 Å². The molecule has 0 spiro atoms. The van der Waals surface area contributed by atoms with Crippen LogP contribution in [0.1, 0.15) is 12.8 Å². The lowest BCUT2D eigenvalue weighted by atomic mass is 10.1. The van der Waals surface area contributed by atoms with E-state index in [9.17, 15) is 0 Å². The van der Waals surface area contributed by atoms with Gasteiger partial charge in [0.2, 0.25) is 0 Å². The maximum absolute atomic E-state index is 6.05. The van der Waals surface area contributed by atoms with Gasteiger partial charge in [0.1, 0.15) is 0 Å².